The summed E-state index contributed by atoms with van der Waals surface area (Å²) < 4.78 is 14.6. The van der Waals surface area contributed by atoms with Gasteiger partial charge >= 0.3 is 11.9 Å². The lowest BCUT2D eigenvalue weighted by Crippen LogP contribution is -2.19. The van der Waals surface area contributed by atoms with E-state index in [1.807, 2.05) is 6.07 Å². The summed E-state index contributed by atoms with van der Waals surface area (Å²) >= 11 is 1.20. The third-order valence-corrected chi connectivity index (χ3v) is 4.82. The number of aliphatic imine (C=N–C) groups is 1. The molecule has 0 atom stereocenters. The van der Waals surface area contributed by atoms with Crippen molar-refractivity contribution in [1.29, 1.82) is 0 Å². The highest BCUT2D eigenvalue weighted by Crippen LogP contribution is 2.29. The molecule has 1 N–H and O–H groups in total. The van der Waals surface area contributed by atoms with Gasteiger partial charge in [0.2, 0.25) is 0 Å². The number of carbonyl (C=O) groups excluding carboxylic acids is 3. The van der Waals surface area contributed by atoms with Crippen molar-refractivity contribution in [3.05, 3.63) is 64.6 Å². The average molecular weight is 426 g/mol. The molecule has 0 aromatic heterocycles. The fourth-order valence-electron chi connectivity index (χ4n) is 2.43. The molecule has 1 aliphatic rings. The zero-order valence-electron chi connectivity index (χ0n) is 16.2. The summed E-state index contributed by atoms with van der Waals surface area (Å²) in [4.78, 5) is 39.8. The number of esters is 2. The number of ether oxygens (including phenoxy) is 3. The SMILES string of the molecule is COC(=O)COc1cccc(/C=C2/SC(=Nc3ccc(C(=O)OC)cc3)NC2=O)c1. The predicted molar refractivity (Wildman–Crippen MR) is 113 cm³/mol. The second kappa shape index (κ2) is 9.75. The minimum atomic E-state index is -0.482. The third kappa shape index (κ3) is 5.48. The summed E-state index contributed by atoms with van der Waals surface area (Å²) in [6.07, 6.45) is 1.70. The lowest BCUT2D eigenvalue weighted by molar-refractivity contribution is -0.142. The van der Waals surface area contributed by atoms with Gasteiger partial charge in [0.1, 0.15) is 5.75 Å². The summed E-state index contributed by atoms with van der Waals surface area (Å²) in [7, 11) is 2.60. The van der Waals surface area contributed by atoms with Crippen LogP contribution in [0, 0.1) is 0 Å². The van der Waals surface area contributed by atoms with Crippen molar-refractivity contribution in [2.24, 2.45) is 4.99 Å². The van der Waals surface area contributed by atoms with E-state index >= 15 is 0 Å². The average Bonchev–Trinajstić information content (AvgIpc) is 3.10. The fraction of sp³-hybridized carbons (Fsp3) is 0.143. The number of hydrogen-bond donors (Lipinski definition) is 1. The Bertz CT molecular complexity index is 1030. The number of rotatable bonds is 6. The Hall–Kier alpha value is -3.59. The topological polar surface area (TPSA) is 103 Å². The number of amidine groups is 1. The molecule has 0 spiro atoms. The van der Waals surface area contributed by atoms with Crippen LogP contribution in [0.5, 0.6) is 5.75 Å². The van der Waals surface area contributed by atoms with Crippen LogP contribution in [0.4, 0.5) is 5.69 Å². The number of nitrogens with zero attached hydrogens (tertiary/aromatic N) is 1. The normalized spacial score (nSPS) is 15.7. The van der Waals surface area contributed by atoms with Gasteiger partial charge in [-0.1, -0.05) is 12.1 Å². The highest BCUT2D eigenvalue weighted by atomic mass is 32.2. The molecular weight excluding hydrogens is 408 g/mol. The minimum absolute atomic E-state index is 0.197. The van der Waals surface area contributed by atoms with Gasteiger partial charge in [-0.2, -0.15) is 0 Å². The first kappa shape index (κ1) is 21.1. The molecule has 1 aliphatic heterocycles. The van der Waals surface area contributed by atoms with Crippen LogP contribution in [0.2, 0.25) is 0 Å². The van der Waals surface area contributed by atoms with Crippen molar-refractivity contribution in [3.8, 4) is 5.75 Å². The van der Waals surface area contributed by atoms with E-state index in [2.05, 4.69) is 19.8 Å². The van der Waals surface area contributed by atoms with E-state index in [0.717, 1.165) is 5.56 Å². The van der Waals surface area contributed by atoms with E-state index in [4.69, 9.17) is 4.74 Å². The lowest BCUT2D eigenvalue weighted by Gasteiger charge is -2.05. The maximum atomic E-state index is 12.3. The maximum absolute atomic E-state index is 12.3. The number of hydrogen-bond acceptors (Lipinski definition) is 8. The number of methoxy groups -OCH3 is 2. The Morgan fingerprint density at radius 3 is 2.57 bits per heavy atom. The molecular formula is C21H18N2O6S. The van der Waals surface area contributed by atoms with Crippen LogP contribution in [0.3, 0.4) is 0 Å². The van der Waals surface area contributed by atoms with Crippen molar-refractivity contribution in [3.63, 3.8) is 0 Å². The molecule has 0 bridgehead atoms. The number of nitrogens with one attached hydrogen (secondary N) is 1. The molecule has 1 amide bonds. The first-order valence-corrected chi connectivity index (χ1v) is 9.58. The quantitative estimate of drug-likeness (QED) is 0.559. The molecule has 1 heterocycles. The molecule has 0 radical (unpaired) electrons. The van der Waals surface area contributed by atoms with Gasteiger partial charge in [-0.05, 0) is 59.8 Å². The van der Waals surface area contributed by atoms with E-state index in [0.29, 0.717) is 27.1 Å². The van der Waals surface area contributed by atoms with Gasteiger partial charge < -0.3 is 19.5 Å². The first-order valence-electron chi connectivity index (χ1n) is 8.76. The Labute approximate surface area is 176 Å². The van der Waals surface area contributed by atoms with Gasteiger partial charge in [0.15, 0.2) is 11.8 Å². The molecule has 9 heteroatoms. The highest BCUT2D eigenvalue weighted by molar-refractivity contribution is 8.18. The van der Waals surface area contributed by atoms with Crippen molar-refractivity contribution in [2.75, 3.05) is 20.8 Å². The van der Waals surface area contributed by atoms with E-state index in [1.165, 1.54) is 26.0 Å². The van der Waals surface area contributed by atoms with E-state index in [1.54, 1.807) is 48.5 Å². The smallest absolute Gasteiger partial charge is 0.343 e. The summed E-state index contributed by atoms with van der Waals surface area (Å²) in [6, 6.07) is 13.5. The van der Waals surface area contributed by atoms with Gasteiger partial charge in [0.25, 0.3) is 5.91 Å². The van der Waals surface area contributed by atoms with Gasteiger partial charge in [-0.25, -0.2) is 14.6 Å². The predicted octanol–water partition coefficient (Wildman–Crippen LogP) is 2.92. The molecule has 1 saturated heterocycles. The second-order valence-electron chi connectivity index (χ2n) is 5.96. The van der Waals surface area contributed by atoms with E-state index in [-0.39, 0.29) is 12.5 Å². The largest absolute Gasteiger partial charge is 0.482 e. The molecule has 3 rings (SSSR count). The van der Waals surface area contributed by atoms with Crippen LogP contribution < -0.4 is 10.1 Å². The van der Waals surface area contributed by atoms with Gasteiger partial charge in [-0.15, -0.1) is 0 Å². The summed E-state index contributed by atoms with van der Waals surface area (Å²) in [5.41, 5.74) is 1.74. The maximum Gasteiger partial charge on any atom is 0.343 e. The van der Waals surface area contributed by atoms with Crippen molar-refractivity contribution in [1.82, 2.24) is 5.32 Å². The first-order chi connectivity index (χ1) is 14.5. The molecule has 0 saturated carbocycles. The summed E-state index contributed by atoms with van der Waals surface area (Å²) in [6.45, 7) is -0.197. The van der Waals surface area contributed by atoms with Crippen molar-refractivity contribution < 1.29 is 28.6 Å². The third-order valence-electron chi connectivity index (χ3n) is 3.91. The lowest BCUT2D eigenvalue weighted by atomic mass is 10.2. The van der Waals surface area contributed by atoms with Gasteiger partial charge in [0, 0.05) is 0 Å². The standard InChI is InChI=1S/C21H18N2O6S/c1-27-18(24)12-29-16-5-3-4-13(10-16)11-17-19(25)23-21(30-17)22-15-8-6-14(7-9-15)20(26)28-2/h3-11H,12H2,1-2H3,(H,22,23,25)/b17-11+. The van der Waals surface area contributed by atoms with Crippen LogP contribution in [0.1, 0.15) is 15.9 Å². The summed E-state index contributed by atoms with van der Waals surface area (Å²) in [5, 5.41) is 3.13. The Morgan fingerprint density at radius 2 is 1.87 bits per heavy atom. The molecule has 2 aromatic carbocycles. The zero-order valence-corrected chi connectivity index (χ0v) is 17.0. The monoisotopic (exact) mass is 426 g/mol. The molecule has 1 fully saturated rings. The van der Waals surface area contributed by atoms with E-state index < -0.39 is 11.9 Å². The van der Waals surface area contributed by atoms with Crippen LogP contribution >= 0.6 is 11.8 Å². The van der Waals surface area contributed by atoms with Crippen LogP contribution in [-0.4, -0.2) is 43.8 Å². The van der Waals surface area contributed by atoms with Crippen molar-refractivity contribution >= 4 is 46.5 Å². The van der Waals surface area contributed by atoms with Gasteiger partial charge in [0.05, 0.1) is 30.4 Å². The Kier molecular flexibility index (Phi) is 6.87. The zero-order chi connectivity index (χ0) is 21.5. The Morgan fingerprint density at radius 1 is 1.10 bits per heavy atom. The highest BCUT2D eigenvalue weighted by Gasteiger charge is 2.23. The minimum Gasteiger partial charge on any atom is -0.482 e. The number of thioether (sulfide) groups is 1. The van der Waals surface area contributed by atoms with Crippen LogP contribution in [0.25, 0.3) is 6.08 Å². The molecule has 30 heavy (non-hydrogen) atoms. The fourth-order valence-corrected chi connectivity index (χ4v) is 3.28. The number of carbonyl (C=O) groups is 3. The van der Waals surface area contributed by atoms with E-state index in [9.17, 15) is 14.4 Å². The number of benzene rings is 2. The molecule has 0 aliphatic carbocycles. The second-order valence-corrected chi connectivity index (χ2v) is 6.99. The van der Waals surface area contributed by atoms with Crippen molar-refractivity contribution in [2.45, 2.75) is 0 Å². The Balaban J connectivity index is 1.71. The van der Waals surface area contributed by atoms with Crippen LogP contribution in [0.15, 0.2) is 58.4 Å². The molecule has 8 nitrogen and oxygen atoms in total. The number of amides is 1. The van der Waals surface area contributed by atoms with Gasteiger partial charge in [-0.3, -0.25) is 4.79 Å². The molecule has 2 aromatic rings. The molecule has 0 unspecified atom stereocenters. The summed E-state index contributed by atoms with van der Waals surface area (Å²) in [5.74, 6) is -0.700. The van der Waals surface area contributed by atoms with Crippen LogP contribution in [-0.2, 0) is 19.1 Å². The molecule has 154 valence electrons.